The Bertz CT molecular complexity index is 1150. The molecule has 2 N–H and O–H groups in total. The van der Waals surface area contributed by atoms with E-state index in [9.17, 15) is 19.2 Å². The topological polar surface area (TPSA) is 136 Å². The normalized spacial score (nSPS) is 10.1. The van der Waals surface area contributed by atoms with E-state index in [4.69, 9.17) is 19.8 Å². The van der Waals surface area contributed by atoms with Crippen LogP contribution in [0.15, 0.2) is 72.8 Å². The third kappa shape index (κ3) is 5.04. The highest BCUT2D eigenvalue weighted by molar-refractivity contribution is 6.03. The van der Waals surface area contributed by atoms with Gasteiger partial charge in [-0.25, -0.2) is 24.1 Å². The molecule has 3 rings (SSSR count). The Labute approximate surface area is 175 Å². The SMILES string of the molecule is O=C(O)c1ccccc1C(=O)OOc1ccc(OC(=O)c2ccccc2C(=O)O)cc1. The van der Waals surface area contributed by atoms with E-state index in [1.54, 1.807) is 0 Å². The Kier molecular flexibility index (Phi) is 6.27. The summed E-state index contributed by atoms with van der Waals surface area (Å²) in [5.74, 6) is -4.24. The van der Waals surface area contributed by atoms with Crippen LogP contribution in [-0.4, -0.2) is 34.1 Å². The summed E-state index contributed by atoms with van der Waals surface area (Å²) in [6, 6.07) is 16.5. The predicted molar refractivity (Wildman–Crippen MR) is 104 cm³/mol. The third-order valence-electron chi connectivity index (χ3n) is 4.00. The van der Waals surface area contributed by atoms with Gasteiger partial charge in [-0.15, -0.1) is 0 Å². The standard InChI is InChI=1S/C22H14O9/c23-19(24)15-5-1-3-7-17(15)21(27)29-13-9-11-14(12-10-13)30-31-22(28)18-8-4-2-6-16(18)20(25)26/h1-12H,(H,23,24)(H,25,26). The van der Waals surface area contributed by atoms with E-state index in [1.165, 1.54) is 72.8 Å². The van der Waals surface area contributed by atoms with E-state index in [1.807, 2.05) is 0 Å². The quantitative estimate of drug-likeness (QED) is 0.254. The summed E-state index contributed by atoms with van der Waals surface area (Å²) in [7, 11) is 0. The van der Waals surface area contributed by atoms with Crippen LogP contribution in [-0.2, 0) is 4.89 Å². The van der Waals surface area contributed by atoms with Gasteiger partial charge in [0.15, 0.2) is 5.75 Å². The summed E-state index contributed by atoms with van der Waals surface area (Å²) in [6.07, 6.45) is 0. The molecule has 0 aliphatic heterocycles. The van der Waals surface area contributed by atoms with Gasteiger partial charge in [-0.3, -0.25) is 4.89 Å². The van der Waals surface area contributed by atoms with Crippen LogP contribution in [0.25, 0.3) is 0 Å². The van der Waals surface area contributed by atoms with Crippen molar-refractivity contribution < 1.29 is 43.9 Å². The first-order valence-corrected chi connectivity index (χ1v) is 8.72. The number of esters is 1. The van der Waals surface area contributed by atoms with Crippen LogP contribution in [0, 0.1) is 0 Å². The molecule has 31 heavy (non-hydrogen) atoms. The molecule has 0 atom stereocenters. The molecule has 0 aromatic heterocycles. The van der Waals surface area contributed by atoms with Gasteiger partial charge in [0.05, 0.1) is 22.3 Å². The summed E-state index contributed by atoms with van der Waals surface area (Å²) in [4.78, 5) is 56.3. The van der Waals surface area contributed by atoms with Gasteiger partial charge < -0.3 is 14.9 Å². The fourth-order valence-electron chi connectivity index (χ4n) is 2.55. The number of carbonyl (C=O) groups is 4. The van der Waals surface area contributed by atoms with Gasteiger partial charge in [-0.05, 0) is 48.5 Å². The van der Waals surface area contributed by atoms with Crippen LogP contribution in [0.3, 0.4) is 0 Å². The number of carboxylic acids is 2. The first-order chi connectivity index (χ1) is 14.9. The maximum Gasteiger partial charge on any atom is 0.387 e. The number of ether oxygens (including phenoxy) is 1. The van der Waals surface area contributed by atoms with Crippen molar-refractivity contribution in [3.63, 3.8) is 0 Å². The smallest absolute Gasteiger partial charge is 0.387 e. The molecule has 3 aromatic carbocycles. The van der Waals surface area contributed by atoms with Crippen molar-refractivity contribution in [1.82, 2.24) is 0 Å². The summed E-state index contributed by atoms with van der Waals surface area (Å²) in [5, 5.41) is 18.3. The van der Waals surface area contributed by atoms with Crippen molar-refractivity contribution >= 4 is 23.9 Å². The molecule has 0 amide bonds. The molecule has 0 saturated heterocycles. The fourth-order valence-corrected chi connectivity index (χ4v) is 2.55. The highest BCUT2D eigenvalue weighted by Crippen LogP contribution is 2.21. The summed E-state index contributed by atoms with van der Waals surface area (Å²) >= 11 is 0. The summed E-state index contributed by atoms with van der Waals surface area (Å²) in [6.45, 7) is 0. The van der Waals surface area contributed by atoms with Gasteiger partial charge in [0.2, 0.25) is 0 Å². The van der Waals surface area contributed by atoms with E-state index >= 15 is 0 Å². The van der Waals surface area contributed by atoms with Crippen LogP contribution in [0.5, 0.6) is 11.5 Å². The molecular weight excluding hydrogens is 408 g/mol. The average molecular weight is 422 g/mol. The van der Waals surface area contributed by atoms with Crippen molar-refractivity contribution in [3.8, 4) is 11.5 Å². The molecule has 0 bridgehead atoms. The minimum Gasteiger partial charge on any atom is -0.478 e. The Balaban J connectivity index is 1.64. The second kappa shape index (κ2) is 9.23. The number of hydrogen-bond acceptors (Lipinski definition) is 7. The van der Waals surface area contributed by atoms with Crippen molar-refractivity contribution in [2.24, 2.45) is 0 Å². The molecule has 0 radical (unpaired) electrons. The second-order valence-electron chi connectivity index (χ2n) is 6.02. The lowest BCUT2D eigenvalue weighted by Crippen LogP contribution is -2.14. The maximum atomic E-state index is 12.2. The lowest BCUT2D eigenvalue weighted by atomic mass is 10.1. The van der Waals surface area contributed by atoms with Gasteiger partial charge >= 0.3 is 23.9 Å². The van der Waals surface area contributed by atoms with E-state index in [2.05, 4.69) is 4.89 Å². The molecule has 0 fully saturated rings. The average Bonchev–Trinajstić information content (AvgIpc) is 2.78. The van der Waals surface area contributed by atoms with Crippen molar-refractivity contribution in [3.05, 3.63) is 95.1 Å². The van der Waals surface area contributed by atoms with Crippen LogP contribution in [0.2, 0.25) is 0 Å². The lowest BCUT2D eigenvalue weighted by Gasteiger charge is -2.08. The number of hydrogen-bond donors (Lipinski definition) is 2. The third-order valence-corrected chi connectivity index (χ3v) is 4.00. The van der Waals surface area contributed by atoms with Gasteiger partial charge in [-0.2, -0.15) is 0 Å². The van der Waals surface area contributed by atoms with Crippen molar-refractivity contribution in [1.29, 1.82) is 0 Å². The molecule has 0 unspecified atom stereocenters. The van der Waals surface area contributed by atoms with Gasteiger partial charge in [0.25, 0.3) is 0 Å². The van der Waals surface area contributed by atoms with E-state index in [0.29, 0.717) is 0 Å². The summed E-state index contributed by atoms with van der Waals surface area (Å²) < 4.78 is 5.15. The predicted octanol–water partition coefficient (Wildman–Crippen LogP) is 3.45. The minimum absolute atomic E-state index is 0.0758. The van der Waals surface area contributed by atoms with Crippen LogP contribution >= 0.6 is 0 Å². The number of benzene rings is 3. The zero-order valence-electron chi connectivity index (χ0n) is 15.7. The van der Waals surface area contributed by atoms with Crippen molar-refractivity contribution in [2.75, 3.05) is 0 Å². The lowest BCUT2D eigenvalue weighted by molar-refractivity contribution is -0.149. The number of aromatic carboxylic acids is 2. The fraction of sp³-hybridized carbons (Fsp3) is 0. The van der Waals surface area contributed by atoms with E-state index < -0.39 is 23.9 Å². The summed E-state index contributed by atoms with van der Waals surface area (Å²) in [5.41, 5.74) is -0.722. The molecule has 0 heterocycles. The first-order valence-electron chi connectivity index (χ1n) is 8.72. The zero-order valence-corrected chi connectivity index (χ0v) is 15.7. The Hall–Kier alpha value is -4.66. The highest BCUT2D eigenvalue weighted by atomic mass is 17.2. The Morgan fingerprint density at radius 3 is 1.45 bits per heavy atom. The molecule has 0 aliphatic rings. The van der Waals surface area contributed by atoms with Crippen LogP contribution in [0.1, 0.15) is 41.4 Å². The number of rotatable bonds is 7. The van der Waals surface area contributed by atoms with Crippen LogP contribution < -0.4 is 9.62 Å². The van der Waals surface area contributed by atoms with Crippen LogP contribution in [0.4, 0.5) is 0 Å². The zero-order chi connectivity index (χ0) is 22.4. The molecular formula is C22H14O9. The molecule has 0 saturated carbocycles. The Morgan fingerprint density at radius 2 is 0.968 bits per heavy atom. The molecule has 0 spiro atoms. The molecule has 9 heteroatoms. The minimum atomic E-state index is -1.29. The molecule has 3 aromatic rings. The second-order valence-corrected chi connectivity index (χ2v) is 6.02. The highest BCUT2D eigenvalue weighted by Gasteiger charge is 2.19. The first kappa shape index (κ1) is 21.1. The Morgan fingerprint density at radius 1 is 0.548 bits per heavy atom. The van der Waals surface area contributed by atoms with Gasteiger partial charge in [0, 0.05) is 0 Å². The maximum absolute atomic E-state index is 12.2. The van der Waals surface area contributed by atoms with Gasteiger partial charge in [0.1, 0.15) is 5.75 Å². The monoisotopic (exact) mass is 422 g/mol. The van der Waals surface area contributed by atoms with Crippen molar-refractivity contribution in [2.45, 2.75) is 0 Å². The van der Waals surface area contributed by atoms with E-state index in [0.717, 1.165) is 0 Å². The molecule has 0 aliphatic carbocycles. The molecule has 9 nitrogen and oxygen atoms in total. The number of carboxylic acid groups (broad SMARTS) is 2. The largest absolute Gasteiger partial charge is 0.478 e. The van der Waals surface area contributed by atoms with Gasteiger partial charge in [-0.1, -0.05) is 24.3 Å². The number of carbonyl (C=O) groups excluding carboxylic acids is 2. The molecule has 156 valence electrons. The van der Waals surface area contributed by atoms with E-state index in [-0.39, 0.29) is 33.8 Å².